The standard InChI is InChI=1S/C13H13BrN2OS/c1-3-9-4-6-11(18-9)13(17)16-12-7-5-10(14)8(2)15-12/h4-7H,3H2,1-2H3,(H,15,16,17). The number of hydrogen-bond acceptors (Lipinski definition) is 3. The van der Waals surface area contributed by atoms with E-state index in [1.54, 1.807) is 6.07 Å². The molecule has 0 unspecified atom stereocenters. The Morgan fingerprint density at radius 2 is 2.17 bits per heavy atom. The lowest BCUT2D eigenvalue weighted by molar-refractivity contribution is 0.103. The van der Waals surface area contributed by atoms with Crippen LogP contribution < -0.4 is 5.32 Å². The molecule has 0 saturated heterocycles. The normalized spacial score (nSPS) is 10.4. The van der Waals surface area contributed by atoms with Crippen molar-refractivity contribution in [2.45, 2.75) is 20.3 Å². The fraction of sp³-hybridized carbons (Fsp3) is 0.231. The minimum absolute atomic E-state index is 0.103. The molecule has 0 saturated carbocycles. The van der Waals surface area contributed by atoms with Crippen molar-refractivity contribution in [1.82, 2.24) is 4.98 Å². The van der Waals surface area contributed by atoms with Crippen LogP contribution in [0.4, 0.5) is 5.82 Å². The van der Waals surface area contributed by atoms with Gasteiger partial charge in [-0.25, -0.2) is 4.98 Å². The van der Waals surface area contributed by atoms with E-state index in [0.717, 1.165) is 16.6 Å². The molecule has 1 amide bonds. The Balaban J connectivity index is 2.13. The summed E-state index contributed by atoms with van der Waals surface area (Å²) in [6.07, 6.45) is 0.952. The predicted octanol–water partition coefficient (Wildman–Crippen LogP) is 4.03. The molecular weight excluding hydrogens is 312 g/mol. The number of anilines is 1. The Hall–Kier alpha value is -1.20. The summed E-state index contributed by atoms with van der Waals surface area (Å²) >= 11 is 4.90. The Kier molecular flexibility index (Phi) is 4.14. The third-order valence-electron chi connectivity index (χ3n) is 2.50. The van der Waals surface area contributed by atoms with E-state index in [-0.39, 0.29) is 5.91 Å². The van der Waals surface area contributed by atoms with Crippen LogP contribution in [0, 0.1) is 6.92 Å². The number of aromatic nitrogens is 1. The number of rotatable bonds is 3. The summed E-state index contributed by atoms with van der Waals surface area (Å²) in [5.41, 5.74) is 0.855. The van der Waals surface area contributed by atoms with Gasteiger partial charge in [0.05, 0.1) is 10.6 Å². The molecule has 0 radical (unpaired) electrons. The molecule has 0 aliphatic carbocycles. The first kappa shape index (κ1) is 13.2. The zero-order chi connectivity index (χ0) is 13.1. The molecule has 2 aromatic heterocycles. The van der Waals surface area contributed by atoms with Crippen LogP contribution in [-0.2, 0) is 6.42 Å². The maximum Gasteiger partial charge on any atom is 0.266 e. The van der Waals surface area contributed by atoms with Gasteiger partial charge in [-0.2, -0.15) is 0 Å². The van der Waals surface area contributed by atoms with Crippen LogP contribution in [0.2, 0.25) is 0 Å². The molecule has 0 aliphatic rings. The summed E-state index contributed by atoms with van der Waals surface area (Å²) in [5.74, 6) is 0.473. The number of aryl methyl sites for hydroxylation is 2. The highest BCUT2D eigenvalue weighted by molar-refractivity contribution is 9.10. The number of nitrogens with zero attached hydrogens (tertiary/aromatic N) is 1. The van der Waals surface area contributed by atoms with Crippen molar-refractivity contribution >= 4 is 39.0 Å². The van der Waals surface area contributed by atoms with Crippen LogP contribution in [0.3, 0.4) is 0 Å². The van der Waals surface area contributed by atoms with Gasteiger partial charge in [0.2, 0.25) is 0 Å². The average Bonchev–Trinajstić information content (AvgIpc) is 2.82. The van der Waals surface area contributed by atoms with Crippen molar-refractivity contribution in [3.63, 3.8) is 0 Å². The molecule has 0 aromatic carbocycles. The maximum atomic E-state index is 12.0. The molecule has 0 aliphatic heterocycles. The van der Waals surface area contributed by atoms with Gasteiger partial charge in [0.25, 0.3) is 5.91 Å². The van der Waals surface area contributed by atoms with Gasteiger partial charge in [-0.15, -0.1) is 11.3 Å². The highest BCUT2D eigenvalue weighted by Crippen LogP contribution is 2.20. The monoisotopic (exact) mass is 324 g/mol. The van der Waals surface area contributed by atoms with Gasteiger partial charge >= 0.3 is 0 Å². The highest BCUT2D eigenvalue weighted by Gasteiger charge is 2.10. The van der Waals surface area contributed by atoms with Gasteiger partial charge in [-0.3, -0.25) is 4.79 Å². The second-order valence-electron chi connectivity index (χ2n) is 3.84. The molecule has 0 fully saturated rings. The van der Waals surface area contributed by atoms with Gasteiger partial charge < -0.3 is 5.32 Å². The third kappa shape index (κ3) is 2.97. The minimum atomic E-state index is -0.103. The molecule has 1 N–H and O–H groups in total. The highest BCUT2D eigenvalue weighted by atomic mass is 79.9. The van der Waals surface area contributed by atoms with E-state index in [1.165, 1.54) is 16.2 Å². The third-order valence-corrected chi connectivity index (χ3v) is 4.56. The Morgan fingerprint density at radius 1 is 1.39 bits per heavy atom. The van der Waals surface area contributed by atoms with Crippen LogP contribution in [0.5, 0.6) is 0 Å². The van der Waals surface area contributed by atoms with Crippen LogP contribution in [0.25, 0.3) is 0 Å². The van der Waals surface area contributed by atoms with E-state index in [2.05, 4.69) is 33.2 Å². The topological polar surface area (TPSA) is 42.0 Å². The van der Waals surface area contributed by atoms with E-state index in [4.69, 9.17) is 0 Å². The van der Waals surface area contributed by atoms with Crippen LogP contribution in [0.1, 0.15) is 27.2 Å². The SMILES string of the molecule is CCc1ccc(C(=O)Nc2ccc(Br)c(C)n2)s1. The first-order valence-electron chi connectivity index (χ1n) is 5.63. The molecule has 3 nitrogen and oxygen atoms in total. The summed E-state index contributed by atoms with van der Waals surface area (Å²) in [5, 5.41) is 2.80. The first-order chi connectivity index (χ1) is 8.60. The largest absolute Gasteiger partial charge is 0.306 e. The molecule has 2 heterocycles. The predicted molar refractivity (Wildman–Crippen MR) is 78.3 cm³/mol. The van der Waals surface area contributed by atoms with Crippen molar-refractivity contribution in [1.29, 1.82) is 0 Å². The van der Waals surface area contributed by atoms with Crippen molar-refractivity contribution < 1.29 is 4.79 Å². The minimum Gasteiger partial charge on any atom is -0.306 e. The number of carbonyl (C=O) groups is 1. The van der Waals surface area contributed by atoms with E-state index in [9.17, 15) is 4.79 Å². The zero-order valence-corrected chi connectivity index (χ0v) is 12.6. The second kappa shape index (κ2) is 5.63. The van der Waals surface area contributed by atoms with Crippen LogP contribution >= 0.6 is 27.3 Å². The molecule has 0 bridgehead atoms. The lowest BCUT2D eigenvalue weighted by Crippen LogP contribution is -2.11. The van der Waals surface area contributed by atoms with Gasteiger partial charge in [0.15, 0.2) is 0 Å². The zero-order valence-electron chi connectivity index (χ0n) is 10.2. The molecule has 2 aromatic rings. The molecule has 94 valence electrons. The Bertz CT molecular complexity index is 580. The van der Waals surface area contributed by atoms with Gasteiger partial charge in [-0.05, 0) is 53.5 Å². The summed E-state index contributed by atoms with van der Waals surface area (Å²) in [6.45, 7) is 3.97. The van der Waals surface area contributed by atoms with Crippen molar-refractivity contribution in [2.75, 3.05) is 5.32 Å². The molecule has 0 spiro atoms. The Labute approximate surface area is 118 Å². The van der Waals surface area contributed by atoms with Gasteiger partial charge in [0.1, 0.15) is 5.82 Å². The molecule has 0 atom stereocenters. The lowest BCUT2D eigenvalue weighted by atomic mass is 10.3. The smallest absolute Gasteiger partial charge is 0.266 e. The molecular formula is C13H13BrN2OS. The summed E-state index contributed by atoms with van der Waals surface area (Å²) in [7, 11) is 0. The fourth-order valence-corrected chi connectivity index (χ4v) is 2.55. The number of carbonyl (C=O) groups excluding carboxylic acids is 1. The summed E-state index contributed by atoms with van der Waals surface area (Å²) < 4.78 is 0.935. The molecule has 5 heteroatoms. The van der Waals surface area contributed by atoms with E-state index < -0.39 is 0 Å². The number of hydrogen-bond donors (Lipinski definition) is 1. The number of pyridine rings is 1. The van der Waals surface area contributed by atoms with Gasteiger partial charge in [0, 0.05) is 9.35 Å². The number of halogens is 1. The van der Waals surface area contributed by atoms with Crippen molar-refractivity contribution in [3.05, 3.63) is 44.2 Å². The van der Waals surface area contributed by atoms with E-state index in [1.807, 2.05) is 25.1 Å². The number of thiophene rings is 1. The van der Waals surface area contributed by atoms with Gasteiger partial charge in [-0.1, -0.05) is 6.92 Å². The van der Waals surface area contributed by atoms with Crippen molar-refractivity contribution in [2.24, 2.45) is 0 Å². The summed E-state index contributed by atoms with van der Waals surface area (Å²) in [4.78, 5) is 18.2. The fourth-order valence-electron chi connectivity index (χ4n) is 1.48. The molecule has 2 rings (SSSR count). The quantitative estimate of drug-likeness (QED) is 0.926. The number of amides is 1. The summed E-state index contributed by atoms with van der Waals surface area (Å²) in [6, 6.07) is 7.50. The molecule has 18 heavy (non-hydrogen) atoms. The average molecular weight is 325 g/mol. The van der Waals surface area contributed by atoms with Crippen LogP contribution in [-0.4, -0.2) is 10.9 Å². The second-order valence-corrected chi connectivity index (χ2v) is 5.86. The number of nitrogens with one attached hydrogen (secondary N) is 1. The van der Waals surface area contributed by atoms with Crippen LogP contribution in [0.15, 0.2) is 28.7 Å². The van der Waals surface area contributed by atoms with Crippen molar-refractivity contribution in [3.8, 4) is 0 Å². The van der Waals surface area contributed by atoms with E-state index >= 15 is 0 Å². The lowest BCUT2D eigenvalue weighted by Gasteiger charge is -2.04. The Morgan fingerprint density at radius 3 is 2.78 bits per heavy atom. The van der Waals surface area contributed by atoms with E-state index in [0.29, 0.717) is 10.7 Å². The first-order valence-corrected chi connectivity index (χ1v) is 7.24. The maximum absolute atomic E-state index is 12.0.